The summed E-state index contributed by atoms with van der Waals surface area (Å²) in [4.78, 5) is 25.7. The fraction of sp³-hybridized carbons (Fsp3) is 0.269. The quantitative estimate of drug-likeness (QED) is 0.354. The highest BCUT2D eigenvalue weighted by molar-refractivity contribution is 6.30. The van der Waals surface area contributed by atoms with Gasteiger partial charge in [0.1, 0.15) is 11.3 Å². The molecule has 7 nitrogen and oxygen atoms in total. The van der Waals surface area contributed by atoms with Crippen LogP contribution in [0.1, 0.15) is 16.2 Å². The summed E-state index contributed by atoms with van der Waals surface area (Å²) >= 11 is 6.08. The van der Waals surface area contributed by atoms with Crippen molar-refractivity contribution in [2.45, 2.75) is 12.7 Å². The van der Waals surface area contributed by atoms with Crippen LogP contribution in [0.3, 0.4) is 0 Å². The summed E-state index contributed by atoms with van der Waals surface area (Å²) in [6.07, 6.45) is -2.50. The number of ether oxygens (including phenoxy) is 1. The normalized spacial score (nSPS) is 14.8. The minimum atomic E-state index is -4.48. The third-order valence-corrected chi connectivity index (χ3v) is 6.36. The molecule has 1 saturated heterocycles. The summed E-state index contributed by atoms with van der Waals surface area (Å²) in [7, 11) is 0. The van der Waals surface area contributed by atoms with E-state index in [0.29, 0.717) is 37.7 Å². The number of fused-ring (bicyclic) bond motifs is 1. The fourth-order valence-electron chi connectivity index (χ4n) is 4.29. The summed E-state index contributed by atoms with van der Waals surface area (Å²) in [5.74, 6) is -0.571. The molecule has 1 amide bonds. The molecule has 0 N–H and O–H groups in total. The zero-order chi connectivity index (χ0) is 26.0. The molecule has 1 aliphatic heterocycles. The number of hydrogen-bond donors (Lipinski definition) is 0. The highest BCUT2D eigenvalue weighted by Gasteiger charge is 2.29. The van der Waals surface area contributed by atoms with E-state index < -0.39 is 12.8 Å². The molecule has 37 heavy (non-hydrogen) atoms. The molecule has 4 aromatic rings. The smallest absolute Gasteiger partial charge is 0.422 e. The Kier molecular flexibility index (Phi) is 7.03. The zero-order valence-electron chi connectivity index (χ0n) is 19.7. The number of nitrogens with zero attached hydrogens (tertiary/aromatic N) is 5. The molecule has 0 atom stereocenters. The second kappa shape index (κ2) is 10.4. The predicted molar refractivity (Wildman–Crippen MR) is 133 cm³/mol. The lowest BCUT2D eigenvalue weighted by molar-refractivity contribution is -0.154. The van der Waals surface area contributed by atoms with Crippen molar-refractivity contribution in [3.05, 3.63) is 83.3 Å². The van der Waals surface area contributed by atoms with Gasteiger partial charge in [-0.15, -0.1) is 0 Å². The Morgan fingerprint density at radius 3 is 2.43 bits per heavy atom. The monoisotopic (exact) mass is 529 g/mol. The Morgan fingerprint density at radius 2 is 1.70 bits per heavy atom. The van der Waals surface area contributed by atoms with E-state index in [4.69, 9.17) is 16.6 Å². The average molecular weight is 530 g/mol. The summed E-state index contributed by atoms with van der Waals surface area (Å²) < 4.78 is 44.1. The van der Waals surface area contributed by atoms with E-state index in [1.165, 1.54) is 18.2 Å². The van der Waals surface area contributed by atoms with Crippen molar-refractivity contribution in [1.82, 2.24) is 24.2 Å². The van der Waals surface area contributed by atoms with E-state index in [1.54, 1.807) is 4.90 Å². The Labute approximate surface area is 216 Å². The van der Waals surface area contributed by atoms with Crippen LogP contribution in [-0.4, -0.2) is 69.0 Å². The summed E-state index contributed by atoms with van der Waals surface area (Å²) in [5, 5.41) is 0.654. The summed E-state index contributed by atoms with van der Waals surface area (Å²) in [5.41, 5.74) is 3.78. The van der Waals surface area contributed by atoms with Gasteiger partial charge in [-0.2, -0.15) is 13.2 Å². The van der Waals surface area contributed by atoms with Crippen LogP contribution >= 0.6 is 11.6 Å². The van der Waals surface area contributed by atoms with E-state index >= 15 is 0 Å². The van der Waals surface area contributed by atoms with Crippen LogP contribution in [0.4, 0.5) is 13.2 Å². The van der Waals surface area contributed by atoms with Gasteiger partial charge in [0, 0.05) is 55.6 Å². The minimum Gasteiger partial charge on any atom is -0.468 e. The molecule has 0 bridgehead atoms. The number of hydrogen-bond acceptors (Lipinski definition) is 5. The molecule has 1 aliphatic rings. The molecular formula is C26H23ClF3N5O2. The van der Waals surface area contributed by atoms with Crippen molar-refractivity contribution >= 4 is 23.2 Å². The number of carbonyl (C=O) groups is 1. The first-order chi connectivity index (χ1) is 17.8. The van der Waals surface area contributed by atoms with Gasteiger partial charge in [-0.3, -0.25) is 9.69 Å². The van der Waals surface area contributed by atoms with E-state index in [1.807, 2.05) is 48.7 Å². The van der Waals surface area contributed by atoms with Gasteiger partial charge in [0.2, 0.25) is 5.88 Å². The number of halogens is 4. The van der Waals surface area contributed by atoms with Crippen LogP contribution in [0.25, 0.3) is 16.9 Å². The fourth-order valence-corrected chi connectivity index (χ4v) is 4.42. The van der Waals surface area contributed by atoms with Crippen molar-refractivity contribution in [3.8, 4) is 17.1 Å². The van der Waals surface area contributed by atoms with Gasteiger partial charge in [0.25, 0.3) is 5.91 Å². The Hall–Kier alpha value is -3.63. The van der Waals surface area contributed by atoms with Crippen molar-refractivity contribution < 1.29 is 22.7 Å². The maximum atomic E-state index is 13.0. The van der Waals surface area contributed by atoms with Crippen LogP contribution in [0.15, 0.2) is 66.9 Å². The van der Waals surface area contributed by atoms with Crippen molar-refractivity contribution in [3.63, 3.8) is 0 Å². The lowest BCUT2D eigenvalue weighted by Crippen LogP contribution is -2.48. The van der Waals surface area contributed by atoms with Crippen LogP contribution in [0.2, 0.25) is 5.02 Å². The van der Waals surface area contributed by atoms with Crippen molar-refractivity contribution in [2.24, 2.45) is 0 Å². The van der Waals surface area contributed by atoms with Gasteiger partial charge in [0.05, 0.1) is 11.4 Å². The first kappa shape index (κ1) is 25.0. The SMILES string of the molecule is O=C(c1cccc(OCC(F)(F)F)n1)N1CCN(Cc2c(-c3ccc(Cl)cc3)nc3ccccn23)CC1. The number of benzene rings is 1. The van der Waals surface area contributed by atoms with E-state index in [9.17, 15) is 18.0 Å². The largest absolute Gasteiger partial charge is 0.468 e. The molecule has 5 rings (SSSR count). The molecule has 192 valence electrons. The first-order valence-corrected chi connectivity index (χ1v) is 12.0. The molecule has 4 heterocycles. The number of aromatic nitrogens is 3. The molecule has 0 unspecified atom stereocenters. The Balaban J connectivity index is 1.27. The predicted octanol–water partition coefficient (Wildman–Crippen LogP) is 4.95. The molecule has 3 aromatic heterocycles. The van der Waals surface area contributed by atoms with Crippen LogP contribution in [0.5, 0.6) is 5.88 Å². The lowest BCUT2D eigenvalue weighted by atomic mass is 10.1. The molecular weight excluding hydrogens is 507 g/mol. The number of imidazole rings is 1. The molecule has 0 radical (unpaired) electrons. The highest BCUT2D eigenvalue weighted by Crippen LogP contribution is 2.27. The van der Waals surface area contributed by atoms with E-state index in [0.717, 1.165) is 22.6 Å². The molecule has 0 spiro atoms. The highest BCUT2D eigenvalue weighted by atomic mass is 35.5. The van der Waals surface area contributed by atoms with Crippen LogP contribution in [-0.2, 0) is 6.54 Å². The van der Waals surface area contributed by atoms with Gasteiger partial charge in [-0.25, -0.2) is 9.97 Å². The van der Waals surface area contributed by atoms with Gasteiger partial charge < -0.3 is 14.0 Å². The lowest BCUT2D eigenvalue weighted by Gasteiger charge is -2.34. The van der Waals surface area contributed by atoms with E-state index in [2.05, 4.69) is 19.0 Å². The van der Waals surface area contributed by atoms with E-state index in [-0.39, 0.29) is 17.5 Å². The number of alkyl halides is 3. The van der Waals surface area contributed by atoms with Gasteiger partial charge in [-0.1, -0.05) is 35.9 Å². The Morgan fingerprint density at radius 1 is 0.946 bits per heavy atom. The number of rotatable bonds is 6. The molecule has 1 fully saturated rings. The third-order valence-electron chi connectivity index (χ3n) is 6.11. The first-order valence-electron chi connectivity index (χ1n) is 11.7. The van der Waals surface area contributed by atoms with Crippen molar-refractivity contribution in [1.29, 1.82) is 0 Å². The van der Waals surface area contributed by atoms with Crippen molar-refractivity contribution in [2.75, 3.05) is 32.8 Å². The number of piperazine rings is 1. The maximum absolute atomic E-state index is 13.0. The second-order valence-corrected chi connectivity index (χ2v) is 9.11. The number of pyridine rings is 2. The molecule has 1 aromatic carbocycles. The topological polar surface area (TPSA) is 63.0 Å². The summed E-state index contributed by atoms with van der Waals surface area (Å²) in [6.45, 7) is 1.33. The van der Waals surface area contributed by atoms with Gasteiger partial charge in [0.15, 0.2) is 6.61 Å². The zero-order valence-corrected chi connectivity index (χ0v) is 20.4. The van der Waals surface area contributed by atoms with Crippen LogP contribution in [0, 0.1) is 0 Å². The standard InChI is InChI=1S/C26H23ClF3N5O2/c27-19-9-7-18(8-10-19)24-21(35-11-2-1-5-22(35)32-24)16-33-12-14-34(15-13-33)25(36)20-4-3-6-23(31-20)37-17-26(28,29)30/h1-11H,12-17H2. The minimum absolute atomic E-state index is 0.0555. The molecule has 11 heteroatoms. The maximum Gasteiger partial charge on any atom is 0.422 e. The van der Waals surface area contributed by atoms with Crippen LogP contribution < -0.4 is 4.74 Å². The average Bonchev–Trinajstić information content (AvgIpc) is 3.26. The third kappa shape index (κ3) is 5.86. The molecule has 0 aliphatic carbocycles. The van der Waals surface area contributed by atoms with Gasteiger partial charge in [-0.05, 0) is 30.3 Å². The number of amides is 1. The number of carbonyl (C=O) groups excluding carboxylic acids is 1. The second-order valence-electron chi connectivity index (χ2n) is 8.68. The Bertz CT molecular complexity index is 1400. The summed E-state index contributed by atoms with van der Waals surface area (Å²) in [6, 6.07) is 17.7. The molecule has 0 saturated carbocycles. The van der Waals surface area contributed by atoms with Gasteiger partial charge >= 0.3 is 6.18 Å².